The molecule has 1 amide bonds. The molecule has 8 nitrogen and oxygen atoms in total. The quantitative estimate of drug-likeness (QED) is 0.582. The Balaban J connectivity index is 1.11. The molecule has 34 heavy (non-hydrogen) atoms. The molecule has 2 fully saturated rings. The molecule has 0 atom stereocenters. The minimum Gasteiger partial charge on any atom is -0.497 e. The number of methoxy groups -OCH3 is 1. The molecule has 2 aliphatic heterocycles. The molecule has 0 spiro atoms. The molecule has 2 saturated heterocycles. The van der Waals surface area contributed by atoms with Crippen LogP contribution in [0.3, 0.4) is 0 Å². The first-order valence-electron chi connectivity index (χ1n) is 11.9. The lowest BCUT2D eigenvalue weighted by atomic mass is 9.95. The van der Waals surface area contributed by atoms with Gasteiger partial charge in [0.2, 0.25) is 5.91 Å². The number of piperazine rings is 1. The van der Waals surface area contributed by atoms with Crippen LogP contribution in [-0.4, -0.2) is 72.4 Å². The van der Waals surface area contributed by atoms with Gasteiger partial charge in [-0.1, -0.05) is 0 Å². The number of pyridine rings is 1. The predicted octanol–water partition coefficient (Wildman–Crippen LogP) is 3.11. The van der Waals surface area contributed by atoms with Crippen LogP contribution in [0.2, 0.25) is 0 Å². The van der Waals surface area contributed by atoms with Gasteiger partial charge in [0.25, 0.3) is 0 Å². The monoisotopic (exact) mass is 458 g/mol. The largest absolute Gasteiger partial charge is 0.497 e. The maximum absolute atomic E-state index is 13.2. The van der Waals surface area contributed by atoms with Crippen LogP contribution < -0.4 is 14.5 Å². The van der Waals surface area contributed by atoms with E-state index in [2.05, 4.69) is 37.1 Å². The van der Waals surface area contributed by atoms with Crippen molar-refractivity contribution in [1.29, 1.82) is 0 Å². The second-order valence-electron chi connectivity index (χ2n) is 8.78. The Morgan fingerprint density at radius 2 is 1.53 bits per heavy atom. The highest BCUT2D eigenvalue weighted by molar-refractivity contribution is 5.79. The van der Waals surface area contributed by atoms with Gasteiger partial charge in [-0.15, -0.1) is 10.2 Å². The predicted molar refractivity (Wildman–Crippen MR) is 132 cm³/mol. The molecule has 0 N–H and O–H groups in total. The highest BCUT2D eigenvalue weighted by Crippen LogP contribution is 2.26. The van der Waals surface area contributed by atoms with Gasteiger partial charge >= 0.3 is 0 Å². The van der Waals surface area contributed by atoms with Gasteiger partial charge in [0, 0.05) is 68.8 Å². The molecule has 5 rings (SSSR count). The summed E-state index contributed by atoms with van der Waals surface area (Å²) in [5, 5.41) is 8.82. The first-order valence-corrected chi connectivity index (χ1v) is 11.9. The summed E-state index contributed by atoms with van der Waals surface area (Å²) in [4.78, 5) is 23.8. The van der Waals surface area contributed by atoms with Crippen LogP contribution in [0.4, 0.5) is 11.5 Å². The number of hydrogen-bond donors (Lipinski definition) is 0. The van der Waals surface area contributed by atoms with Gasteiger partial charge in [-0.25, -0.2) is 0 Å². The van der Waals surface area contributed by atoms with Crippen LogP contribution >= 0.6 is 0 Å². The van der Waals surface area contributed by atoms with Crippen molar-refractivity contribution in [2.45, 2.75) is 12.8 Å². The maximum atomic E-state index is 13.2. The Labute approximate surface area is 200 Å². The van der Waals surface area contributed by atoms with Gasteiger partial charge in [-0.2, -0.15) is 0 Å². The zero-order valence-electron chi connectivity index (χ0n) is 19.5. The summed E-state index contributed by atoms with van der Waals surface area (Å²) in [6.07, 6.45) is 5.22. The zero-order chi connectivity index (χ0) is 23.3. The van der Waals surface area contributed by atoms with Crippen LogP contribution in [0.15, 0.2) is 60.9 Å². The highest BCUT2D eigenvalue weighted by atomic mass is 16.5. The number of rotatable bonds is 5. The number of hydrogen-bond acceptors (Lipinski definition) is 7. The number of benzene rings is 1. The molecule has 3 aromatic rings. The number of piperidine rings is 1. The van der Waals surface area contributed by atoms with Crippen molar-refractivity contribution in [3.8, 4) is 17.0 Å². The van der Waals surface area contributed by atoms with Gasteiger partial charge in [0.05, 0.1) is 12.8 Å². The fourth-order valence-corrected chi connectivity index (χ4v) is 4.76. The Morgan fingerprint density at radius 3 is 2.15 bits per heavy atom. The Bertz CT molecular complexity index is 1070. The van der Waals surface area contributed by atoms with E-state index in [9.17, 15) is 4.79 Å². The van der Waals surface area contributed by atoms with E-state index in [1.165, 1.54) is 5.69 Å². The first-order chi connectivity index (χ1) is 16.7. The summed E-state index contributed by atoms with van der Waals surface area (Å²) in [7, 11) is 1.68. The van der Waals surface area contributed by atoms with Gasteiger partial charge in [0.15, 0.2) is 5.82 Å². The average Bonchev–Trinajstić information content (AvgIpc) is 2.93. The fraction of sp³-hybridized carbons (Fsp3) is 0.385. The van der Waals surface area contributed by atoms with Gasteiger partial charge < -0.3 is 19.4 Å². The topological polar surface area (TPSA) is 74.7 Å². The minimum atomic E-state index is 0.0906. The molecular formula is C26H30N6O2. The molecule has 0 radical (unpaired) electrons. The molecule has 0 bridgehead atoms. The summed E-state index contributed by atoms with van der Waals surface area (Å²) >= 11 is 0. The third-order valence-electron chi connectivity index (χ3n) is 6.82. The van der Waals surface area contributed by atoms with E-state index in [1.54, 1.807) is 19.5 Å². The van der Waals surface area contributed by atoms with Crippen molar-refractivity contribution in [3.63, 3.8) is 0 Å². The van der Waals surface area contributed by atoms with Crippen LogP contribution in [0, 0.1) is 5.92 Å². The number of anilines is 2. The lowest BCUT2D eigenvalue weighted by molar-refractivity contribution is -0.136. The lowest BCUT2D eigenvalue weighted by Crippen LogP contribution is -2.51. The standard InChI is InChI=1S/C26H30N6O2/c1-34-23-4-2-22(3-5-23)30-16-18-32(19-17-30)26(33)21-10-14-31(15-11-21)25-7-6-24(28-29-25)20-8-12-27-13-9-20/h2-9,12-13,21H,10-11,14-19H2,1H3. The Hall–Kier alpha value is -3.68. The Morgan fingerprint density at radius 1 is 0.824 bits per heavy atom. The van der Waals surface area contributed by atoms with Crippen molar-refractivity contribution in [1.82, 2.24) is 20.1 Å². The van der Waals surface area contributed by atoms with Crippen molar-refractivity contribution in [2.24, 2.45) is 5.92 Å². The molecule has 0 saturated carbocycles. The van der Waals surface area contributed by atoms with Gasteiger partial charge in [0.1, 0.15) is 5.75 Å². The van der Waals surface area contributed by atoms with E-state index in [4.69, 9.17) is 4.74 Å². The van der Waals surface area contributed by atoms with Gasteiger partial charge in [-0.3, -0.25) is 9.78 Å². The fourth-order valence-electron chi connectivity index (χ4n) is 4.76. The van der Waals surface area contributed by atoms with E-state index in [0.29, 0.717) is 5.91 Å². The summed E-state index contributed by atoms with van der Waals surface area (Å²) in [5.41, 5.74) is 3.02. The maximum Gasteiger partial charge on any atom is 0.225 e. The molecule has 8 heteroatoms. The van der Waals surface area contributed by atoms with E-state index in [1.807, 2.05) is 41.3 Å². The van der Waals surface area contributed by atoms with Crippen LogP contribution in [-0.2, 0) is 4.79 Å². The number of nitrogens with zero attached hydrogens (tertiary/aromatic N) is 6. The summed E-state index contributed by atoms with van der Waals surface area (Å²) in [6.45, 7) is 4.91. The molecule has 0 aliphatic carbocycles. The van der Waals surface area contributed by atoms with Crippen molar-refractivity contribution < 1.29 is 9.53 Å². The first kappa shape index (κ1) is 22.1. The van der Waals surface area contributed by atoms with E-state index in [-0.39, 0.29) is 5.92 Å². The van der Waals surface area contributed by atoms with Gasteiger partial charge in [-0.05, 0) is 61.4 Å². The Kier molecular flexibility index (Phi) is 6.56. The number of aromatic nitrogens is 3. The average molecular weight is 459 g/mol. The third kappa shape index (κ3) is 4.81. The molecule has 176 valence electrons. The van der Waals surface area contributed by atoms with E-state index >= 15 is 0 Å². The van der Waals surface area contributed by atoms with Crippen molar-refractivity contribution in [2.75, 3.05) is 56.2 Å². The molecule has 2 aliphatic rings. The number of amides is 1. The summed E-state index contributed by atoms with van der Waals surface area (Å²) in [5.74, 6) is 2.12. The smallest absolute Gasteiger partial charge is 0.225 e. The van der Waals surface area contributed by atoms with Crippen molar-refractivity contribution >= 4 is 17.4 Å². The lowest BCUT2D eigenvalue weighted by Gasteiger charge is -2.39. The number of carbonyl (C=O) groups is 1. The minimum absolute atomic E-state index is 0.0906. The van der Waals surface area contributed by atoms with Crippen LogP contribution in [0.25, 0.3) is 11.3 Å². The zero-order valence-corrected chi connectivity index (χ0v) is 19.5. The second-order valence-corrected chi connectivity index (χ2v) is 8.78. The van der Waals surface area contributed by atoms with Crippen LogP contribution in [0.5, 0.6) is 5.75 Å². The molecule has 0 unspecified atom stereocenters. The third-order valence-corrected chi connectivity index (χ3v) is 6.82. The normalized spacial score (nSPS) is 17.0. The number of carbonyl (C=O) groups excluding carboxylic acids is 1. The summed E-state index contributed by atoms with van der Waals surface area (Å²) in [6, 6.07) is 16.0. The second kappa shape index (κ2) is 10.1. The number of ether oxygens (including phenoxy) is 1. The van der Waals surface area contributed by atoms with Crippen LogP contribution in [0.1, 0.15) is 12.8 Å². The SMILES string of the molecule is COc1ccc(N2CCN(C(=O)C3CCN(c4ccc(-c5ccncc5)nn4)CC3)CC2)cc1. The molecule has 2 aromatic heterocycles. The summed E-state index contributed by atoms with van der Waals surface area (Å²) < 4.78 is 5.25. The van der Waals surface area contributed by atoms with Crippen molar-refractivity contribution in [3.05, 3.63) is 60.9 Å². The van der Waals surface area contributed by atoms with E-state index in [0.717, 1.165) is 74.9 Å². The molecule has 4 heterocycles. The highest BCUT2D eigenvalue weighted by Gasteiger charge is 2.31. The molecular weight excluding hydrogens is 428 g/mol. The van der Waals surface area contributed by atoms with E-state index < -0.39 is 0 Å². The molecule has 1 aromatic carbocycles.